The van der Waals surface area contributed by atoms with Gasteiger partial charge in [0, 0.05) is 25.0 Å². The van der Waals surface area contributed by atoms with Crippen LogP contribution < -0.4 is 0 Å². The highest BCUT2D eigenvalue weighted by molar-refractivity contribution is 5.16. The number of hydrogen-bond acceptors (Lipinski definition) is 2. The standard InChI is InChI=1S/C16H24N2/c1-4-8-16-17(11-12-18(16)14(2)3)13-15-9-6-5-7-10-15/h5-7,9-12,14,16H,4,8,13H2,1-3H3. The van der Waals surface area contributed by atoms with Crippen molar-refractivity contribution in [1.82, 2.24) is 9.80 Å². The molecule has 1 unspecified atom stereocenters. The van der Waals surface area contributed by atoms with E-state index in [0.29, 0.717) is 12.2 Å². The van der Waals surface area contributed by atoms with Gasteiger partial charge in [0.15, 0.2) is 0 Å². The summed E-state index contributed by atoms with van der Waals surface area (Å²) in [6.45, 7) is 7.79. The minimum Gasteiger partial charge on any atom is -0.354 e. The molecule has 98 valence electrons. The van der Waals surface area contributed by atoms with E-state index in [1.807, 2.05) is 0 Å². The predicted octanol–water partition coefficient (Wildman–Crippen LogP) is 3.81. The van der Waals surface area contributed by atoms with Gasteiger partial charge in [-0.2, -0.15) is 0 Å². The molecule has 0 N–H and O–H groups in total. The number of benzene rings is 1. The van der Waals surface area contributed by atoms with Crippen molar-refractivity contribution in [1.29, 1.82) is 0 Å². The second-order valence-corrected chi connectivity index (χ2v) is 5.27. The first-order chi connectivity index (χ1) is 8.72. The van der Waals surface area contributed by atoms with Gasteiger partial charge in [0.25, 0.3) is 0 Å². The van der Waals surface area contributed by atoms with E-state index >= 15 is 0 Å². The van der Waals surface area contributed by atoms with Crippen molar-refractivity contribution < 1.29 is 0 Å². The third-order valence-corrected chi connectivity index (χ3v) is 3.51. The molecule has 1 aromatic carbocycles. The van der Waals surface area contributed by atoms with E-state index in [2.05, 4.69) is 73.3 Å². The molecule has 0 radical (unpaired) electrons. The van der Waals surface area contributed by atoms with Crippen molar-refractivity contribution in [2.24, 2.45) is 0 Å². The fourth-order valence-electron chi connectivity index (χ4n) is 2.57. The Morgan fingerprint density at radius 3 is 2.44 bits per heavy atom. The number of hydrogen-bond donors (Lipinski definition) is 0. The van der Waals surface area contributed by atoms with Crippen molar-refractivity contribution in [2.45, 2.75) is 52.4 Å². The van der Waals surface area contributed by atoms with Gasteiger partial charge < -0.3 is 9.80 Å². The first kappa shape index (κ1) is 13.0. The Balaban J connectivity index is 2.06. The lowest BCUT2D eigenvalue weighted by Crippen LogP contribution is -2.41. The highest BCUT2D eigenvalue weighted by atomic mass is 15.4. The molecule has 0 bridgehead atoms. The average Bonchev–Trinajstić information content (AvgIpc) is 2.74. The van der Waals surface area contributed by atoms with Crippen LogP contribution in [0.3, 0.4) is 0 Å². The maximum atomic E-state index is 2.46. The first-order valence-electron chi connectivity index (χ1n) is 6.97. The normalized spacial score (nSPS) is 19.0. The second kappa shape index (κ2) is 5.94. The van der Waals surface area contributed by atoms with Crippen molar-refractivity contribution in [2.75, 3.05) is 0 Å². The summed E-state index contributed by atoms with van der Waals surface area (Å²) >= 11 is 0. The lowest BCUT2D eigenvalue weighted by molar-refractivity contribution is 0.112. The Morgan fingerprint density at radius 2 is 1.83 bits per heavy atom. The summed E-state index contributed by atoms with van der Waals surface area (Å²) in [6, 6.07) is 11.3. The van der Waals surface area contributed by atoms with Crippen molar-refractivity contribution in [3.8, 4) is 0 Å². The van der Waals surface area contributed by atoms with E-state index < -0.39 is 0 Å². The molecule has 0 spiro atoms. The lowest BCUT2D eigenvalue weighted by Gasteiger charge is -2.35. The highest BCUT2D eigenvalue weighted by Gasteiger charge is 2.26. The van der Waals surface area contributed by atoms with Gasteiger partial charge in [0.05, 0.1) is 0 Å². The van der Waals surface area contributed by atoms with Gasteiger partial charge in [-0.15, -0.1) is 0 Å². The Morgan fingerprint density at radius 1 is 1.11 bits per heavy atom. The molecule has 1 aromatic rings. The number of nitrogens with zero attached hydrogens (tertiary/aromatic N) is 2. The maximum Gasteiger partial charge on any atom is 0.101 e. The smallest absolute Gasteiger partial charge is 0.101 e. The van der Waals surface area contributed by atoms with Crippen LogP contribution in [0.1, 0.15) is 39.2 Å². The molecule has 0 amide bonds. The molecule has 0 saturated carbocycles. The summed E-state index contributed by atoms with van der Waals surface area (Å²) in [5.74, 6) is 0. The third-order valence-electron chi connectivity index (χ3n) is 3.51. The van der Waals surface area contributed by atoms with Crippen LogP contribution in [0, 0.1) is 0 Å². The molecule has 0 aromatic heterocycles. The minimum absolute atomic E-state index is 0.523. The summed E-state index contributed by atoms with van der Waals surface area (Å²) < 4.78 is 0. The van der Waals surface area contributed by atoms with Crippen LogP contribution in [-0.4, -0.2) is 22.0 Å². The van der Waals surface area contributed by atoms with Gasteiger partial charge in [0.2, 0.25) is 0 Å². The molecular formula is C16H24N2. The molecule has 1 aliphatic heterocycles. The Kier molecular flexibility index (Phi) is 4.29. The third kappa shape index (κ3) is 2.87. The molecule has 2 heteroatoms. The fraction of sp³-hybridized carbons (Fsp3) is 0.500. The first-order valence-corrected chi connectivity index (χ1v) is 6.97. The van der Waals surface area contributed by atoms with Crippen molar-refractivity contribution in [3.63, 3.8) is 0 Å². The van der Waals surface area contributed by atoms with Crippen LogP contribution in [-0.2, 0) is 6.54 Å². The largest absolute Gasteiger partial charge is 0.354 e. The van der Waals surface area contributed by atoms with Crippen molar-refractivity contribution >= 4 is 0 Å². The van der Waals surface area contributed by atoms with Crippen LogP contribution >= 0.6 is 0 Å². The van der Waals surface area contributed by atoms with E-state index in [-0.39, 0.29) is 0 Å². The van der Waals surface area contributed by atoms with E-state index in [1.165, 1.54) is 18.4 Å². The summed E-state index contributed by atoms with van der Waals surface area (Å²) in [5, 5.41) is 0. The molecule has 1 aliphatic rings. The van der Waals surface area contributed by atoms with Crippen LogP contribution in [0.15, 0.2) is 42.7 Å². The quantitative estimate of drug-likeness (QED) is 0.777. The SMILES string of the molecule is CCCC1N(Cc2ccccc2)C=CN1C(C)C. The van der Waals surface area contributed by atoms with E-state index in [0.717, 1.165) is 6.54 Å². The van der Waals surface area contributed by atoms with Crippen LogP contribution in [0.4, 0.5) is 0 Å². The average molecular weight is 244 g/mol. The van der Waals surface area contributed by atoms with Gasteiger partial charge in [-0.3, -0.25) is 0 Å². The van der Waals surface area contributed by atoms with Gasteiger partial charge >= 0.3 is 0 Å². The zero-order valence-corrected chi connectivity index (χ0v) is 11.7. The summed E-state index contributed by atoms with van der Waals surface area (Å²) in [6.07, 6.45) is 7.45. The monoisotopic (exact) mass is 244 g/mol. The van der Waals surface area contributed by atoms with Gasteiger partial charge in [-0.1, -0.05) is 43.7 Å². The van der Waals surface area contributed by atoms with Crippen LogP contribution in [0.25, 0.3) is 0 Å². The molecule has 18 heavy (non-hydrogen) atoms. The Bertz CT molecular complexity index is 383. The fourth-order valence-corrected chi connectivity index (χ4v) is 2.57. The molecule has 2 rings (SSSR count). The predicted molar refractivity (Wildman–Crippen MR) is 76.8 cm³/mol. The molecule has 2 nitrogen and oxygen atoms in total. The molecule has 0 fully saturated rings. The van der Waals surface area contributed by atoms with Gasteiger partial charge in [-0.05, 0) is 25.8 Å². The summed E-state index contributed by atoms with van der Waals surface area (Å²) in [4.78, 5) is 4.92. The molecule has 1 heterocycles. The highest BCUT2D eigenvalue weighted by Crippen LogP contribution is 2.24. The maximum absolute atomic E-state index is 2.46. The molecular weight excluding hydrogens is 220 g/mol. The summed E-state index contributed by atoms with van der Waals surface area (Å²) in [7, 11) is 0. The minimum atomic E-state index is 0.523. The van der Waals surface area contributed by atoms with Crippen LogP contribution in [0.5, 0.6) is 0 Å². The second-order valence-electron chi connectivity index (χ2n) is 5.27. The van der Waals surface area contributed by atoms with Crippen LogP contribution in [0.2, 0.25) is 0 Å². The number of rotatable bonds is 5. The zero-order chi connectivity index (χ0) is 13.0. The Hall–Kier alpha value is -1.44. The van der Waals surface area contributed by atoms with E-state index in [1.54, 1.807) is 0 Å². The van der Waals surface area contributed by atoms with E-state index in [9.17, 15) is 0 Å². The lowest BCUT2D eigenvalue weighted by atomic mass is 10.1. The van der Waals surface area contributed by atoms with Crippen molar-refractivity contribution in [3.05, 3.63) is 48.3 Å². The molecule has 1 atom stereocenters. The van der Waals surface area contributed by atoms with Gasteiger partial charge in [0.1, 0.15) is 6.17 Å². The Labute approximate surface area is 111 Å². The zero-order valence-electron chi connectivity index (χ0n) is 11.7. The van der Waals surface area contributed by atoms with E-state index in [4.69, 9.17) is 0 Å². The molecule has 0 aliphatic carbocycles. The summed E-state index contributed by atoms with van der Waals surface area (Å²) in [5.41, 5.74) is 1.38. The molecule has 0 saturated heterocycles. The van der Waals surface area contributed by atoms with Gasteiger partial charge in [-0.25, -0.2) is 0 Å². The topological polar surface area (TPSA) is 6.48 Å².